The molecule has 2 aliphatic heterocycles. The topological polar surface area (TPSA) is 110 Å². The number of benzene rings is 1. The molecule has 5 rings (SSSR count). The van der Waals surface area contributed by atoms with E-state index in [0.717, 1.165) is 16.9 Å². The minimum atomic E-state index is -0.559. The number of nitrogens with one attached hydrogen (secondary N) is 1. The Labute approximate surface area is 218 Å². The number of hydrogen-bond donors (Lipinski definition) is 2. The molecule has 0 spiro atoms. The van der Waals surface area contributed by atoms with Crippen LogP contribution in [0.1, 0.15) is 77.6 Å². The third-order valence-corrected chi connectivity index (χ3v) is 8.05. The number of fused-ring (bicyclic) bond motifs is 1. The number of ether oxygens (including phenoxy) is 1. The largest absolute Gasteiger partial charge is 0.487 e. The van der Waals surface area contributed by atoms with Crippen molar-refractivity contribution in [2.45, 2.75) is 77.6 Å². The number of aromatic nitrogens is 1. The van der Waals surface area contributed by atoms with Crippen LogP contribution in [0.5, 0.6) is 5.75 Å². The zero-order valence-corrected chi connectivity index (χ0v) is 22.5. The number of aliphatic imine (C=N–C) groups is 1. The molecule has 8 heteroatoms. The zero-order chi connectivity index (χ0) is 26.8. The number of pyridine rings is 1. The molecule has 1 aromatic heterocycles. The van der Waals surface area contributed by atoms with Crippen molar-refractivity contribution in [3.05, 3.63) is 59.9 Å². The first-order chi connectivity index (χ1) is 17.3. The number of guanidine groups is 1. The summed E-state index contributed by atoms with van der Waals surface area (Å²) in [6.45, 7) is 12.0. The van der Waals surface area contributed by atoms with E-state index in [0.29, 0.717) is 6.42 Å². The van der Waals surface area contributed by atoms with Gasteiger partial charge in [0.15, 0.2) is 5.96 Å². The lowest BCUT2D eigenvalue weighted by Gasteiger charge is -2.39. The second-order valence-electron chi connectivity index (χ2n) is 12.4. The maximum absolute atomic E-state index is 13.9. The number of nitrogens with zero attached hydrogens (tertiary/aromatic N) is 3. The molecule has 1 saturated carbocycles. The summed E-state index contributed by atoms with van der Waals surface area (Å²) in [6, 6.07) is 11.1. The summed E-state index contributed by atoms with van der Waals surface area (Å²) in [4.78, 5) is 37.8. The SMILES string of the molecule is CC1(C)CC(=O)N(C(c2cccnc2)C2C(C(=O)NC3CC(C)(C)Oc4ccccc43)C2(C)C)C(N)=N1. The van der Waals surface area contributed by atoms with Crippen LogP contribution in [0, 0.1) is 17.3 Å². The van der Waals surface area contributed by atoms with Gasteiger partial charge in [0.2, 0.25) is 11.8 Å². The Hall–Kier alpha value is -3.42. The van der Waals surface area contributed by atoms with Crippen LogP contribution in [0.2, 0.25) is 0 Å². The molecule has 37 heavy (non-hydrogen) atoms. The van der Waals surface area contributed by atoms with Crippen LogP contribution in [0.3, 0.4) is 0 Å². The average molecular weight is 504 g/mol. The summed E-state index contributed by atoms with van der Waals surface area (Å²) >= 11 is 0. The second-order valence-corrected chi connectivity index (χ2v) is 12.4. The number of nitrogens with two attached hydrogens (primary N) is 1. The first-order valence-corrected chi connectivity index (χ1v) is 13.0. The van der Waals surface area contributed by atoms with Crippen molar-refractivity contribution in [1.29, 1.82) is 0 Å². The summed E-state index contributed by atoms with van der Waals surface area (Å²) in [5.74, 6) is 0.409. The molecule has 3 N–H and O–H groups in total. The van der Waals surface area contributed by atoms with Gasteiger partial charge in [-0.3, -0.25) is 19.5 Å². The van der Waals surface area contributed by atoms with Gasteiger partial charge in [0.25, 0.3) is 0 Å². The van der Waals surface area contributed by atoms with Gasteiger partial charge in [0, 0.05) is 36.2 Å². The fraction of sp³-hybridized carbons (Fsp3) is 0.517. The smallest absolute Gasteiger partial charge is 0.232 e. The van der Waals surface area contributed by atoms with Crippen molar-refractivity contribution in [3.8, 4) is 5.75 Å². The van der Waals surface area contributed by atoms with E-state index in [1.807, 2.05) is 64.1 Å². The maximum atomic E-state index is 13.9. The van der Waals surface area contributed by atoms with Gasteiger partial charge in [-0.05, 0) is 50.8 Å². The Balaban J connectivity index is 1.47. The van der Waals surface area contributed by atoms with Crippen LogP contribution in [-0.4, -0.2) is 38.8 Å². The Morgan fingerprint density at radius 2 is 1.86 bits per heavy atom. The predicted molar refractivity (Wildman–Crippen MR) is 142 cm³/mol. The van der Waals surface area contributed by atoms with Gasteiger partial charge in [-0.1, -0.05) is 38.1 Å². The standard InChI is InChI=1S/C29H37N5O3/c1-27(2)15-21(35)34(26(30)33-27)24(17-10-9-13-31-16-17)22-23(29(22,5)6)25(36)32-19-14-28(3,4)37-20-12-8-7-11-18(19)20/h7-13,16,19,22-24H,14-15H2,1-6H3,(H2,30,33)(H,32,36). The molecule has 3 aliphatic rings. The molecule has 2 aromatic rings. The average Bonchev–Trinajstić information content (AvgIpc) is 3.36. The fourth-order valence-corrected chi connectivity index (χ4v) is 6.31. The summed E-state index contributed by atoms with van der Waals surface area (Å²) < 4.78 is 6.16. The third-order valence-electron chi connectivity index (χ3n) is 8.05. The highest BCUT2D eigenvalue weighted by Gasteiger charge is 2.67. The van der Waals surface area contributed by atoms with E-state index in [-0.39, 0.29) is 47.5 Å². The Bertz CT molecular complexity index is 1250. The Morgan fingerprint density at radius 1 is 1.14 bits per heavy atom. The van der Waals surface area contributed by atoms with Crippen LogP contribution in [0.4, 0.5) is 0 Å². The molecule has 1 aliphatic carbocycles. The number of amides is 2. The van der Waals surface area contributed by atoms with Crippen molar-refractivity contribution in [2.24, 2.45) is 28.0 Å². The van der Waals surface area contributed by atoms with Gasteiger partial charge in [-0.25, -0.2) is 4.99 Å². The molecule has 196 valence electrons. The fourth-order valence-electron chi connectivity index (χ4n) is 6.31. The van der Waals surface area contributed by atoms with E-state index in [2.05, 4.69) is 29.1 Å². The lowest BCUT2D eigenvalue weighted by atomic mass is 9.89. The van der Waals surface area contributed by atoms with Crippen molar-refractivity contribution >= 4 is 17.8 Å². The molecule has 2 amide bonds. The highest BCUT2D eigenvalue weighted by Crippen LogP contribution is 2.65. The minimum absolute atomic E-state index is 0.0262. The third kappa shape index (κ3) is 4.58. The van der Waals surface area contributed by atoms with E-state index < -0.39 is 17.2 Å². The van der Waals surface area contributed by atoms with Gasteiger partial charge in [0.1, 0.15) is 11.4 Å². The number of rotatable bonds is 5. The van der Waals surface area contributed by atoms with Crippen molar-refractivity contribution < 1.29 is 14.3 Å². The molecule has 0 radical (unpaired) electrons. The molecular weight excluding hydrogens is 466 g/mol. The molecular formula is C29H37N5O3. The summed E-state index contributed by atoms with van der Waals surface area (Å²) in [7, 11) is 0. The Kier molecular flexibility index (Phi) is 5.84. The lowest BCUT2D eigenvalue weighted by molar-refractivity contribution is -0.132. The molecule has 4 unspecified atom stereocenters. The molecule has 0 saturated heterocycles. The summed E-state index contributed by atoms with van der Waals surface area (Å²) in [5, 5.41) is 3.32. The van der Waals surface area contributed by atoms with Gasteiger partial charge in [-0.15, -0.1) is 0 Å². The number of carbonyl (C=O) groups excluding carboxylic acids is 2. The number of carbonyl (C=O) groups is 2. The second kappa shape index (κ2) is 8.57. The number of hydrogen-bond acceptors (Lipinski definition) is 6. The van der Waals surface area contributed by atoms with Crippen molar-refractivity contribution in [2.75, 3.05) is 0 Å². The highest BCUT2D eigenvalue weighted by molar-refractivity contribution is 5.99. The molecule has 4 atom stereocenters. The van der Waals surface area contributed by atoms with Gasteiger partial charge < -0.3 is 15.8 Å². The van der Waals surface area contributed by atoms with Crippen LogP contribution >= 0.6 is 0 Å². The maximum Gasteiger partial charge on any atom is 0.232 e. The van der Waals surface area contributed by atoms with E-state index in [9.17, 15) is 9.59 Å². The molecule has 8 nitrogen and oxygen atoms in total. The van der Waals surface area contributed by atoms with Gasteiger partial charge >= 0.3 is 0 Å². The molecule has 3 heterocycles. The van der Waals surface area contributed by atoms with Crippen LogP contribution in [-0.2, 0) is 9.59 Å². The van der Waals surface area contributed by atoms with Crippen molar-refractivity contribution in [3.63, 3.8) is 0 Å². The van der Waals surface area contributed by atoms with E-state index in [4.69, 9.17) is 10.5 Å². The van der Waals surface area contributed by atoms with Gasteiger partial charge in [-0.2, -0.15) is 0 Å². The minimum Gasteiger partial charge on any atom is -0.487 e. The monoisotopic (exact) mass is 503 g/mol. The molecule has 1 fully saturated rings. The summed E-state index contributed by atoms with van der Waals surface area (Å²) in [5.41, 5.74) is 6.92. The van der Waals surface area contributed by atoms with Crippen LogP contribution in [0.25, 0.3) is 0 Å². The normalized spacial score (nSPS) is 27.8. The molecule has 1 aromatic carbocycles. The van der Waals surface area contributed by atoms with E-state index in [1.54, 1.807) is 17.3 Å². The molecule has 0 bridgehead atoms. The van der Waals surface area contributed by atoms with Crippen molar-refractivity contribution in [1.82, 2.24) is 15.2 Å². The van der Waals surface area contributed by atoms with Crippen LogP contribution < -0.4 is 15.8 Å². The number of para-hydroxylation sites is 1. The quantitative estimate of drug-likeness (QED) is 0.637. The lowest BCUT2D eigenvalue weighted by Crippen LogP contribution is -2.52. The van der Waals surface area contributed by atoms with E-state index in [1.165, 1.54) is 0 Å². The first-order valence-electron chi connectivity index (χ1n) is 13.0. The predicted octanol–water partition coefficient (Wildman–Crippen LogP) is 4.14. The van der Waals surface area contributed by atoms with E-state index >= 15 is 0 Å². The highest BCUT2D eigenvalue weighted by atomic mass is 16.5. The van der Waals surface area contributed by atoms with Crippen LogP contribution in [0.15, 0.2) is 53.8 Å². The Morgan fingerprint density at radius 3 is 2.54 bits per heavy atom. The van der Waals surface area contributed by atoms with Gasteiger partial charge in [0.05, 0.1) is 24.0 Å². The summed E-state index contributed by atoms with van der Waals surface area (Å²) in [6.07, 6.45) is 4.37. The zero-order valence-electron chi connectivity index (χ0n) is 22.5. The first kappa shape index (κ1) is 25.2.